The molecule has 0 radical (unpaired) electrons. The molecule has 0 aliphatic carbocycles. The number of aryl methyl sites for hydroxylation is 1. The van der Waals surface area contributed by atoms with E-state index in [2.05, 4.69) is 41.0 Å². The van der Waals surface area contributed by atoms with Crippen LogP contribution >= 0.6 is 0 Å². The molecule has 22 heavy (non-hydrogen) atoms. The van der Waals surface area contributed by atoms with E-state index in [1.807, 2.05) is 24.4 Å². The highest BCUT2D eigenvalue weighted by atomic mass is 16.5. The zero-order chi connectivity index (χ0) is 15.4. The Morgan fingerprint density at radius 3 is 2.82 bits per heavy atom. The number of amidine groups is 1. The molecule has 2 aliphatic rings. The fraction of sp³-hybridized carbons (Fsp3) is 0.444. The van der Waals surface area contributed by atoms with Crippen LogP contribution in [0.15, 0.2) is 46.1 Å². The molecule has 2 aliphatic heterocycles. The van der Waals surface area contributed by atoms with Crippen LogP contribution in [0.3, 0.4) is 0 Å². The predicted molar refractivity (Wildman–Crippen MR) is 90.8 cm³/mol. The molecule has 0 bridgehead atoms. The monoisotopic (exact) mass is 297 g/mol. The Morgan fingerprint density at radius 2 is 2.05 bits per heavy atom. The highest BCUT2D eigenvalue weighted by Crippen LogP contribution is 2.16. The number of nitrogens with zero attached hydrogens (tertiary/aromatic N) is 3. The first-order valence-corrected chi connectivity index (χ1v) is 7.91. The van der Waals surface area contributed by atoms with Gasteiger partial charge in [-0.15, -0.1) is 0 Å². The summed E-state index contributed by atoms with van der Waals surface area (Å²) in [6, 6.07) is 8.28. The van der Waals surface area contributed by atoms with Gasteiger partial charge in [0.15, 0.2) is 5.84 Å². The molecule has 0 amide bonds. The molecule has 4 heteroatoms. The van der Waals surface area contributed by atoms with E-state index in [4.69, 9.17) is 4.74 Å². The Hall–Kier alpha value is -1.94. The molecule has 0 aromatic heterocycles. The quantitative estimate of drug-likeness (QED) is 0.860. The number of allylic oxidation sites excluding steroid dienone is 1. The largest absolute Gasteiger partial charge is 0.489 e. The summed E-state index contributed by atoms with van der Waals surface area (Å²) in [6.45, 7) is 4.89. The lowest BCUT2D eigenvalue weighted by molar-refractivity contribution is 0.0680. The lowest BCUT2D eigenvalue weighted by atomic mass is 10.1. The maximum atomic E-state index is 6.08. The van der Waals surface area contributed by atoms with Gasteiger partial charge < -0.3 is 9.64 Å². The van der Waals surface area contributed by atoms with Gasteiger partial charge in [0, 0.05) is 18.7 Å². The van der Waals surface area contributed by atoms with Crippen molar-refractivity contribution in [2.45, 2.75) is 25.9 Å². The van der Waals surface area contributed by atoms with Crippen LogP contribution in [0.1, 0.15) is 24.0 Å². The zero-order valence-electron chi connectivity index (χ0n) is 13.3. The number of ether oxygens (including phenoxy) is 1. The highest BCUT2D eigenvalue weighted by molar-refractivity contribution is 6.05. The van der Waals surface area contributed by atoms with E-state index in [1.165, 1.54) is 5.56 Å². The minimum atomic E-state index is 0.300. The molecule has 0 saturated carbocycles. The van der Waals surface area contributed by atoms with Crippen LogP contribution in [0.2, 0.25) is 0 Å². The van der Waals surface area contributed by atoms with Crippen molar-refractivity contribution in [2.24, 2.45) is 9.98 Å². The van der Waals surface area contributed by atoms with Crippen LogP contribution in [-0.4, -0.2) is 49.7 Å². The molecule has 0 N–H and O–H groups in total. The van der Waals surface area contributed by atoms with E-state index >= 15 is 0 Å². The second-order valence-corrected chi connectivity index (χ2v) is 6.02. The third kappa shape index (κ3) is 3.83. The average Bonchev–Trinajstić information content (AvgIpc) is 2.75. The second-order valence-electron chi connectivity index (χ2n) is 6.02. The van der Waals surface area contributed by atoms with Crippen LogP contribution < -0.4 is 0 Å². The van der Waals surface area contributed by atoms with E-state index in [1.54, 1.807) is 0 Å². The standard InChI is InChI=1S/C18H23N3O/c1-14-4-3-5-15(12-14)18-19-9-6-17(13-20-18)22-16-7-10-21(2)11-8-16/h3-6,12-13,16H,7-11H2,1-2H3. The summed E-state index contributed by atoms with van der Waals surface area (Å²) in [5.74, 6) is 1.63. The van der Waals surface area contributed by atoms with Crippen molar-refractivity contribution in [3.63, 3.8) is 0 Å². The predicted octanol–water partition coefficient (Wildman–Crippen LogP) is 2.82. The minimum Gasteiger partial charge on any atom is -0.489 e. The summed E-state index contributed by atoms with van der Waals surface area (Å²) in [4.78, 5) is 11.4. The molecule has 1 aromatic rings. The molecule has 3 rings (SSSR count). The highest BCUT2D eigenvalue weighted by Gasteiger charge is 2.18. The van der Waals surface area contributed by atoms with Gasteiger partial charge in [-0.05, 0) is 39.0 Å². The summed E-state index contributed by atoms with van der Waals surface area (Å²) in [6.07, 6.45) is 6.28. The van der Waals surface area contributed by atoms with Gasteiger partial charge in [0.1, 0.15) is 11.9 Å². The Labute approximate surface area is 132 Å². The van der Waals surface area contributed by atoms with Gasteiger partial charge >= 0.3 is 0 Å². The van der Waals surface area contributed by atoms with Crippen LogP contribution in [-0.2, 0) is 4.74 Å². The molecule has 0 atom stereocenters. The van der Waals surface area contributed by atoms with Crippen molar-refractivity contribution < 1.29 is 4.74 Å². The van der Waals surface area contributed by atoms with Gasteiger partial charge in [0.2, 0.25) is 0 Å². The Balaban J connectivity index is 1.64. The second kappa shape index (κ2) is 6.88. The van der Waals surface area contributed by atoms with Gasteiger partial charge in [-0.1, -0.05) is 23.8 Å². The van der Waals surface area contributed by atoms with E-state index in [0.717, 1.165) is 43.1 Å². The zero-order valence-corrected chi connectivity index (χ0v) is 13.3. The topological polar surface area (TPSA) is 37.2 Å². The number of rotatable bonds is 3. The summed E-state index contributed by atoms with van der Waals surface area (Å²) < 4.78 is 6.08. The van der Waals surface area contributed by atoms with Crippen molar-refractivity contribution in [3.05, 3.63) is 47.2 Å². The fourth-order valence-corrected chi connectivity index (χ4v) is 2.76. The van der Waals surface area contributed by atoms with Crippen molar-refractivity contribution in [2.75, 3.05) is 26.7 Å². The van der Waals surface area contributed by atoms with Crippen LogP contribution in [0.5, 0.6) is 0 Å². The van der Waals surface area contributed by atoms with E-state index in [0.29, 0.717) is 12.6 Å². The van der Waals surface area contributed by atoms with Crippen molar-refractivity contribution in [1.29, 1.82) is 0 Å². The summed E-state index contributed by atoms with van der Waals surface area (Å²) in [5, 5.41) is 0. The van der Waals surface area contributed by atoms with E-state index in [9.17, 15) is 0 Å². The van der Waals surface area contributed by atoms with Gasteiger partial charge in [0.05, 0.1) is 12.8 Å². The first-order valence-electron chi connectivity index (χ1n) is 7.91. The number of aliphatic imine (C=N–C) groups is 2. The molecule has 2 heterocycles. The molecular weight excluding hydrogens is 274 g/mol. The molecule has 1 saturated heterocycles. The lowest BCUT2D eigenvalue weighted by Gasteiger charge is -2.29. The maximum absolute atomic E-state index is 6.08. The number of hydrogen-bond acceptors (Lipinski definition) is 4. The number of piperidine rings is 1. The first-order chi connectivity index (χ1) is 10.7. The lowest BCUT2D eigenvalue weighted by Crippen LogP contribution is -2.34. The number of benzene rings is 1. The Morgan fingerprint density at radius 1 is 1.23 bits per heavy atom. The van der Waals surface area contributed by atoms with Gasteiger partial charge in [-0.2, -0.15) is 0 Å². The summed E-state index contributed by atoms with van der Waals surface area (Å²) in [5.41, 5.74) is 2.28. The van der Waals surface area contributed by atoms with Crippen molar-refractivity contribution in [1.82, 2.24) is 4.90 Å². The molecular formula is C18H23N3O. The van der Waals surface area contributed by atoms with Crippen LogP contribution in [0.4, 0.5) is 0 Å². The van der Waals surface area contributed by atoms with Gasteiger partial charge in [-0.25, -0.2) is 4.99 Å². The van der Waals surface area contributed by atoms with Gasteiger partial charge in [-0.3, -0.25) is 4.99 Å². The molecule has 116 valence electrons. The molecule has 0 spiro atoms. The SMILES string of the molecule is Cc1cccc(C2=NCC=C(OC3CCN(C)CC3)C=N2)c1. The maximum Gasteiger partial charge on any atom is 0.154 e. The third-order valence-corrected chi connectivity index (χ3v) is 4.09. The van der Waals surface area contributed by atoms with Gasteiger partial charge in [0.25, 0.3) is 0 Å². The molecule has 0 unspecified atom stereocenters. The Kier molecular flexibility index (Phi) is 4.68. The van der Waals surface area contributed by atoms with Crippen LogP contribution in [0.25, 0.3) is 0 Å². The van der Waals surface area contributed by atoms with Crippen molar-refractivity contribution in [3.8, 4) is 0 Å². The first kappa shape index (κ1) is 15.0. The molecule has 4 nitrogen and oxygen atoms in total. The summed E-state index contributed by atoms with van der Waals surface area (Å²) in [7, 11) is 2.16. The average molecular weight is 297 g/mol. The normalized spacial score (nSPS) is 20.3. The van der Waals surface area contributed by atoms with E-state index < -0.39 is 0 Å². The fourth-order valence-electron chi connectivity index (χ4n) is 2.76. The third-order valence-electron chi connectivity index (χ3n) is 4.09. The minimum absolute atomic E-state index is 0.300. The Bertz CT molecular complexity index is 611. The van der Waals surface area contributed by atoms with Crippen LogP contribution in [0, 0.1) is 6.92 Å². The van der Waals surface area contributed by atoms with E-state index in [-0.39, 0.29) is 0 Å². The smallest absolute Gasteiger partial charge is 0.154 e. The molecule has 1 aromatic carbocycles. The van der Waals surface area contributed by atoms with Crippen molar-refractivity contribution >= 4 is 12.1 Å². The number of hydrogen-bond donors (Lipinski definition) is 0. The molecule has 1 fully saturated rings. The number of likely N-dealkylation sites (tertiary alicyclic amines) is 1. The summed E-state index contributed by atoms with van der Waals surface area (Å²) >= 11 is 0.